The van der Waals surface area contributed by atoms with E-state index in [2.05, 4.69) is 37.0 Å². The van der Waals surface area contributed by atoms with Gasteiger partial charge in [0.2, 0.25) is 0 Å². The number of aromatic nitrogens is 4. The second-order valence-corrected chi connectivity index (χ2v) is 7.16. The minimum atomic E-state index is 0.270. The molecule has 1 aliphatic rings. The molecule has 4 heterocycles. The maximum atomic E-state index is 5.97. The van der Waals surface area contributed by atoms with Crippen LogP contribution in [0.3, 0.4) is 0 Å². The van der Waals surface area contributed by atoms with Crippen molar-refractivity contribution in [1.82, 2.24) is 24.9 Å². The van der Waals surface area contributed by atoms with E-state index in [-0.39, 0.29) is 5.92 Å². The van der Waals surface area contributed by atoms with E-state index >= 15 is 0 Å². The zero-order valence-corrected chi connectivity index (χ0v) is 15.0. The SMILES string of the molecule is Cn1nnc2c1[C@H](COCc1ccccn1)CN(Cc1ccsc1)C2. The highest BCUT2D eigenvalue weighted by Gasteiger charge is 2.30. The number of aryl methyl sites for hydroxylation is 1. The van der Waals surface area contributed by atoms with Crippen LogP contribution in [0.25, 0.3) is 0 Å². The Kier molecular flexibility index (Phi) is 4.87. The predicted molar refractivity (Wildman–Crippen MR) is 96.1 cm³/mol. The number of thiophene rings is 1. The van der Waals surface area contributed by atoms with Gasteiger partial charge in [0.1, 0.15) is 5.69 Å². The third kappa shape index (κ3) is 3.78. The molecule has 0 unspecified atom stereocenters. The molecule has 7 heteroatoms. The maximum Gasteiger partial charge on any atom is 0.100 e. The number of fused-ring (bicyclic) bond motifs is 1. The Morgan fingerprint density at radius 1 is 1.32 bits per heavy atom. The number of hydrogen-bond donors (Lipinski definition) is 0. The molecule has 0 aromatic carbocycles. The van der Waals surface area contributed by atoms with Gasteiger partial charge in [0, 0.05) is 38.8 Å². The molecule has 0 N–H and O–H groups in total. The third-order valence-electron chi connectivity index (χ3n) is 4.46. The van der Waals surface area contributed by atoms with E-state index in [0.29, 0.717) is 13.2 Å². The summed E-state index contributed by atoms with van der Waals surface area (Å²) in [5, 5.41) is 12.9. The highest BCUT2D eigenvalue weighted by atomic mass is 32.1. The van der Waals surface area contributed by atoms with Crippen molar-refractivity contribution in [2.45, 2.75) is 25.6 Å². The first-order valence-electron chi connectivity index (χ1n) is 8.39. The van der Waals surface area contributed by atoms with Gasteiger partial charge in [-0.1, -0.05) is 11.3 Å². The fourth-order valence-electron chi connectivity index (χ4n) is 3.38. The van der Waals surface area contributed by atoms with Gasteiger partial charge in [-0.15, -0.1) is 5.10 Å². The Labute approximate surface area is 151 Å². The average Bonchev–Trinajstić information content (AvgIpc) is 3.26. The van der Waals surface area contributed by atoms with Gasteiger partial charge in [0.15, 0.2) is 0 Å². The minimum absolute atomic E-state index is 0.270. The average molecular weight is 355 g/mol. The quantitative estimate of drug-likeness (QED) is 0.680. The van der Waals surface area contributed by atoms with Crippen LogP contribution in [-0.4, -0.2) is 38.0 Å². The van der Waals surface area contributed by atoms with E-state index in [1.165, 1.54) is 11.3 Å². The molecule has 0 saturated carbocycles. The fourth-order valence-corrected chi connectivity index (χ4v) is 4.04. The van der Waals surface area contributed by atoms with E-state index in [1.54, 1.807) is 17.5 Å². The highest BCUT2D eigenvalue weighted by Crippen LogP contribution is 2.28. The van der Waals surface area contributed by atoms with Crippen LogP contribution in [-0.2, 0) is 31.5 Å². The van der Waals surface area contributed by atoms with Crippen LogP contribution >= 0.6 is 11.3 Å². The summed E-state index contributed by atoms with van der Waals surface area (Å²) < 4.78 is 7.86. The summed E-state index contributed by atoms with van der Waals surface area (Å²) in [7, 11) is 1.96. The van der Waals surface area contributed by atoms with Gasteiger partial charge in [-0.05, 0) is 34.5 Å². The normalized spacial score (nSPS) is 17.6. The topological polar surface area (TPSA) is 56.1 Å². The maximum absolute atomic E-state index is 5.97. The fraction of sp³-hybridized carbons (Fsp3) is 0.389. The lowest BCUT2D eigenvalue weighted by Gasteiger charge is -2.31. The minimum Gasteiger partial charge on any atom is -0.374 e. The summed E-state index contributed by atoms with van der Waals surface area (Å²) in [4.78, 5) is 6.74. The van der Waals surface area contributed by atoms with Gasteiger partial charge in [0.25, 0.3) is 0 Å². The monoisotopic (exact) mass is 355 g/mol. The first-order chi connectivity index (χ1) is 12.3. The summed E-state index contributed by atoms with van der Waals surface area (Å²) in [6, 6.07) is 8.07. The number of ether oxygens (including phenoxy) is 1. The molecule has 0 spiro atoms. The van der Waals surface area contributed by atoms with Crippen LogP contribution < -0.4 is 0 Å². The van der Waals surface area contributed by atoms with E-state index in [4.69, 9.17) is 4.74 Å². The molecule has 1 aliphatic heterocycles. The number of hydrogen-bond acceptors (Lipinski definition) is 6. The molecular weight excluding hydrogens is 334 g/mol. The van der Waals surface area contributed by atoms with Crippen LogP contribution in [0, 0.1) is 0 Å². The van der Waals surface area contributed by atoms with Gasteiger partial charge in [-0.3, -0.25) is 14.6 Å². The summed E-state index contributed by atoms with van der Waals surface area (Å²) >= 11 is 1.74. The van der Waals surface area contributed by atoms with Crippen molar-refractivity contribution in [3.05, 3.63) is 63.9 Å². The van der Waals surface area contributed by atoms with Crippen molar-refractivity contribution in [1.29, 1.82) is 0 Å². The van der Waals surface area contributed by atoms with Crippen LogP contribution in [0.1, 0.15) is 28.6 Å². The lowest BCUT2D eigenvalue weighted by molar-refractivity contribution is 0.0812. The second-order valence-electron chi connectivity index (χ2n) is 6.38. The van der Waals surface area contributed by atoms with E-state index in [1.807, 2.05) is 29.9 Å². The zero-order valence-electron chi connectivity index (χ0n) is 14.2. The molecule has 1 atom stereocenters. The number of nitrogens with zero attached hydrogens (tertiary/aromatic N) is 5. The molecule has 6 nitrogen and oxygen atoms in total. The standard InChI is InChI=1S/C18H21N5OS/c1-22-18-15(11-24-12-16-4-2-3-6-19-16)9-23(10-17(18)20-21-22)8-14-5-7-25-13-14/h2-7,13,15H,8-12H2,1H3/t15-/m0/s1. The van der Waals surface area contributed by atoms with E-state index in [9.17, 15) is 0 Å². The Hall–Kier alpha value is -2.09. The van der Waals surface area contributed by atoms with Crippen molar-refractivity contribution in [2.75, 3.05) is 13.2 Å². The van der Waals surface area contributed by atoms with E-state index in [0.717, 1.165) is 31.0 Å². The van der Waals surface area contributed by atoms with Crippen LogP contribution in [0.5, 0.6) is 0 Å². The molecule has 3 aromatic heterocycles. The third-order valence-corrected chi connectivity index (χ3v) is 5.20. The van der Waals surface area contributed by atoms with Gasteiger partial charge in [-0.25, -0.2) is 0 Å². The first-order valence-corrected chi connectivity index (χ1v) is 9.33. The molecular formula is C18H21N5OS. The Morgan fingerprint density at radius 2 is 2.28 bits per heavy atom. The summed E-state index contributed by atoms with van der Waals surface area (Å²) in [6.07, 6.45) is 1.80. The molecule has 0 saturated heterocycles. The molecule has 0 fully saturated rings. The summed E-state index contributed by atoms with van der Waals surface area (Å²) in [5.41, 5.74) is 4.57. The van der Waals surface area contributed by atoms with Crippen molar-refractivity contribution in [2.24, 2.45) is 7.05 Å². The van der Waals surface area contributed by atoms with Crippen molar-refractivity contribution >= 4 is 11.3 Å². The largest absolute Gasteiger partial charge is 0.374 e. The molecule has 25 heavy (non-hydrogen) atoms. The zero-order chi connectivity index (χ0) is 17.1. The van der Waals surface area contributed by atoms with Crippen LogP contribution in [0.15, 0.2) is 41.2 Å². The summed E-state index contributed by atoms with van der Waals surface area (Å²) in [5.74, 6) is 0.270. The van der Waals surface area contributed by atoms with Gasteiger partial charge in [0.05, 0.1) is 24.6 Å². The predicted octanol–water partition coefficient (Wildman–Crippen LogP) is 2.59. The Bertz CT molecular complexity index is 802. The Balaban J connectivity index is 1.44. The van der Waals surface area contributed by atoms with Crippen LogP contribution in [0.4, 0.5) is 0 Å². The molecule has 4 rings (SSSR count). The highest BCUT2D eigenvalue weighted by molar-refractivity contribution is 7.07. The lowest BCUT2D eigenvalue weighted by atomic mass is 9.98. The van der Waals surface area contributed by atoms with Crippen molar-refractivity contribution < 1.29 is 4.74 Å². The van der Waals surface area contributed by atoms with E-state index < -0.39 is 0 Å². The van der Waals surface area contributed by atoms with Crippen molar-refractivity contribution in [3.63, 3.8) is 0 Å². The van der Waals surface area contributed by atoms with Gasteiger partial charge >= 0.3 is 0 Å². The smallest absolute Gasteiger partial charge is 0.100 e. The second kappa shape index (κ2) is 7.43. The van der Waals surface area contributed by atoms with Gasteiger partial charge < -0.3 is 4.74 Å². The van der Waals surface area contributed by atoms with Gasteiger partial charge in [-0.2, -0.15) is 11.3 Å². The molecule has 3 aromatic rings. The number of pyridine rings is 1. The first kappa shape index (κ1) is 16.4. The Morgan fingerprint density at radius 3 is 3.08 bits per heavy atom. The number of rotatable bonds is 6. The summed E-state index contributed by atoms with van der Waals surface area (Å²) in [6.45, 7) is 3.91. The molecule has 130 valence electrons. The molecule has 0 amide bonds. The molecule has 0 aliphatic carbocycles. The molecule has 0 bridgehead atoms. The van der Waals surface area contributed by atoms with Crippen LogP contribution in [0.2, 0.25) is 0 Å². The molecule has 0 radical (unpaired) electrons. The lowest BCUT2D eigenvalue weighted by Crippen LogP contribution is -2.35. The van der Waals surface area contributed by atoms with Crippen molar-refractivity contribution in [3.8, 4) is 0 Å².